The number of oxime groups is 2. The summed E-state index contributed by atoms with van der Waals surface area (Å²) in [5, 5.41) is 62.9. The predicted molar refractivity (Wildman–Crippen MR) is 205 cm³/mol. The summed E-state index contributed by atoms with van der Waals surface area (Å²) < 4.78 is 2.00. The zero-order valence-corrected chi connectivity index (χ0v) is 32.8. The number of nitrogens with zero attached hydrogens (tertiary/aromatic N) is 2. The summed E-state index contributed by atoms with van der Waals surface area (Å²) in [6.07, 6.45) is 0.792. The van der Waals surface area contributed by atoms with E-state index in [1.54, 1.807) is 30.3 Å². The highest BCUT2D eigenvalue weighted by molar-refractivity contribution is 9.11. The minimum Gasteiger partial charge on any atom is -0.507 e. The van der Waals surface area contributed by atoms with Crippen molar-refractivity contribution in [2.24, 2.45) is 10.3 Å². The maximum Gasteiger partial charge on any atom is 0.269 e. The lowest BCUT2D eigenvalue weighted by atomic mass is 9.95. The summed E-state index contributed by atoms with van der Waals surface area (Å²) in [5.41, 5.74) is 3.94. The van der Waals surface area contributed by atoms with Crippen LogP contribution in [0.25, 0.3) is 11.1 Å². The third-order valence-corrected chi connectivity index (χ3v) is 10.4. The Morgan fingerprint density at radius 2 is 1.02 bits per heavy atom. The molecule has 50 heavy (non-hydrogen) atoms. The number of phenolic OH excluding ortho intramolecular Hbond substituents is 3. The van der Waals surface area contributed by atoms with Gasteiger partial charge in [-0.25, -0.2) is 0 Å². The Morgan fingerprint density at radius 3 is 1.44 bits per heavy atom. The maximum absolute atomic E-state index is 12.9. The first-order valence-corrected chi connectivity index (χ1v) is 18.2. The lowest BCUT2D eigenvalue weighted by Crippen LogP contribution is -2.33. The van der Waals surface area contributed by atoms with Gasteiger partial charge >= 0.3 is 0 Å². The maximum atomic E-state index is 12.9. The fraction of sp³-hybridized carbons (Fsp3) is 0.200. The molecule has 0 radical (unpaired) electrons. The highest BCUT2D eigenvalue weighted by Crippen LogP contribution is 2.44. The minimum atomic E-state index is -0.607. The molecule has 0 spiro atoms. The van der Waals surface area contributed by atoms with Crippen LogP contribution in [-0.2, 0) is 35.3 Å². The molecular weight excluding hydrogens is 908 g/mol. The van der Waals surface area contributed by atoms with Gasteiger partial charge in [0, 0.05) is 41.5 Å². The fourth-order valence-corrected chi connectivity index (χ4v) is 6.84. The summed E-state index contributed by atoms with van der Waals surface area (Å²) in [7, 11) is 0. The molecule has 4 aromatic rings. The number of hydrogen-bond acceptors (Lipinski definition) is 9. The van der Waals surface area contributed by atoms with Gasteiger partial charge in [-0.2, -0.15) is 0 Å². The van der Waals surface area contributed by atoms with E-state index in [9.17, 15) is 35.3 Å². The average molecular weight is 940 g/mol. The zero-order valence-electron chi connectivity index (χ0n) is 26.5. The molecule has 0 unspecified atom stereocenters. The van der Waals surface area contributed by atoms with Gasteiger partial charge in [0.05, 0.1) is 13.4 Å². The van der Waals surface area contributed by atoms with Crippen LogP contribution in [0.4, 0.5) is 0 Å². The molecule has 0 aliphatic carbocycles. The van der Waals surface area contributed by atoms with E-state index in [0.29, 0.717) is 35.0 Å². The minimum absolute atomic E-state index is 0.101. The third kappa shape index (κ3) is 10.1. The van der Waals surface area contributed by atoms with Crippen LogP contribution < -0.4 is 10.6 Å². The predicted octanol–water partition coefficient (Wildman–Crippen LogP) is 7.29. The summed E-state index contributed by atoms with van der Waals surface area (Å²) in [6, 6.07) is 17.1. The molecule has 0 aromatic heterocycles. The molecule has 0 bridgehead atoms. The van der Waals surface area contributed by atoms with E-state index in [0.717, 1.165) is 21.2 Å². The van der Waals surface area contributed by atoms with Gasteiger partial charge in [-0.15, -0.1) is 0 Å². The second kappa shape index (κ2) is 17.8. The van der Waals surface area contributed by atoms with Gasteiger partial charge in [0.2, 0.25) is 0 Å². The van der Waals surface area contributed by atoms with Gasteiger partial charge in [-0.05, 0) is 138 Å². The van der Waals surface area contributed by atoms with Crippen LogP contribution in [0.3, 0.4) is 0 Å². The lowest BCUT2D eigenvalue weighted by molar-refractivity contribution is -0.115. The van der Waals surface area contributed by atoms with E-state index in [-0.39, 0.29) is 68.1 Å². The second-order valence-corrected chi connectivity index (χ2v) is 14.7. The smallest absolute Gasteiger partial charge is 0.269 e. The monoisotopic (exact) mass is 936 g/mol. The number of phenols is 3. The number of rotatable bonds is 13. The van der Waals surface area contributed by atoms with Crippen molar-refractivity contribution in [3.8, 4) is 28.4 Å². The Labute approximate surface area is 321 Å². The van der Waals surface area contributed by atoms with E-state index in [2.05, 4.69) is 84.7 Å². The van der Waals surface area contributed by atoms with Gasteiger partial charge in [-0.1, -0.05) is 44.4 Å². The molecule has 4 aromatic carbocycles. The molecule has 0 aliphatic rings. The average Bonchev–Trinajstić information content (AvgIpc) is 3.08. The van der Waals surface area contributed by atoms with E-state index in [1.165, 1.54) is 12.1 Å². The first-order valence-electron chi connectivity index (χ1n) is 15.0. The summed E-state index contributed by atoms with van der Waals surface area (Å²) in [6.45, 7) is 2.52. The topological polar surface area (TPSA) is 184 Å². The van der Waals surface area contributed by atoms with Crippen LogP contribution in [0.5, 0.6) is 17.2 Å². The molecule has 0 aliphatic heterocycles. The highest BCUT2D eigenvalue weighted by atomic mass is 79.9. The largest absolute Gasteiger partial charge is 0.507 e. The van der Waals surface area contributed by atoms with Crippen molar-refractivity contribution in [3.63, 3.8) is 0 Å². The number of aryl methyl sites for hydroxylation is 1. The molecule has 7 N–H and O–H groups in total. The molecule has 11 nitrogen and oxygen atoms in total. The Balaban J connectivity index is 1.48. The second-order valence-electron chi connectivity index (χ2n) is 11.3. The number of amides is 2. The van der Waals surface area contributed by atoms with E-state index in [1.807, 2.05) is 25.1 Å². The van der Waals surface area contributed by atoms with Crippen LogP contribution in [0.2, 0.25) is 0 Å². The van der Waals surface area contributed by atoms with Crippen LogP contribution >= 0.6 is 63.7 Å². The Hall–Kier alpha value is -3.92. The van der Waals surface area contributed by atoms with Crippen LogP contribution in [0.15, 0.2) is 88.9 Å². The molecule has 4 rings (SSSR count). The van der Waals surface area contributed by atoms with Gasteiger partial charge in [0.25, 0.3) is 11.8 Å². The molecule has 15 heteroatoms. The first kappa shape index (κ1) is 38.9. The molecule has 0 atom stereocenters. The van der Waals surface area contributed by atoms with Crippen molar-refractivity contribution in [2.75, 3.05) is 13.1 Å². The quantitative estimate of drug-likeness (QED) is 0.0417. The molecule has 0 saturated heterocycles. The van der Waals surface area contributed by atoms with Crippen LogP contribution in [0.1, 0.15) is 27.8 Å². The third-order valence-electron chi connectivity index (χ3n) is 7.69. The summed E-state index contributed by atoms with van der Waals surface area (Å²) in [4.78, 5) is 25.8. The van der Waals surface area contributed by atoms with Gasteiger partial charge in [0.15, 0.2) is 0 Å². The molecule has 0 heterocycles. The summed E-state index contributed by atoms with van der Waals surface area (Å²) >= 11 is 13.4. The van der Waals surface area contributed by atoms with Crippen LogP contribution in [0, 0.1) is 6.92 Å². The molecular formula is C35H32Br4N4O7. The Bertz CT molecular complexity index is 1840. The number of carbonyl (C=O) groups excluding carboxylic acids is 2. The van der Waals surface area contributed by atoms with E-state index >= 15 is 0 Å². The normalized spacial score (nSPS) is 11.8. The van der Waals surface area contributed by atoms with Crippen LogP contribution in [-0.4, -0.2) is 62.1 Å². The van der Waals surface area contributed by atoms with Crippen molar-refractivity contribution in [1.82, 2.24) is 10.6 Å². The van der Waals surface area contributed by atoms with Crippen molar-refractivity contribution in [2.45, 2.75) is 32.6 Å². The highest BCUT2D eigenvalue weighted by Gasteiger charge is 2.21. The molecule has 2 amide bonds. The Kier molecular flexibility index (Phi) is 13.9. The van der Waals surface area contributed by atoms with Crippen molar-refractivity contribution >= 4 is 87.0 Å². The number of aromatic hydroxyl groups is 3. The zero-order chi connectivity index (χ0) is 36.5. The van der Waals surface area contributed by atoms with Crippen molar-refractivity contribution < 1.29 is 35.3 Å². The Morgan fingerprint density at radius 1 is 0.600 bits per heavy atom. The van der Waals surface area contributed by atoms with Gasteiger partial charge < -0.3 is 36.4 Å². The fourth-order valence-electron chi connectivity index (χ4n) is 4.98. The number of halogens is 4. The molecule has 262 valence electrons. The van der Waals surface area contributed by atoms with E-state index in [4.69, 9.17) is 0 Å². The SMILES string of the molecule is Cc1ccc(CCNC(=O)/C(Cc2cc(Br)c(O)c(-c3cc(CC(=NO)C(=O)NCCc4ccc(O)c(Br)c4)cc(Br)c3O)c2)=N/O)cc1Br. The van der Waals surface area contributed by atoms with Gasteiger partial charge in [-0.3, -0.25) is 9.59 Å². The van der Waals surface area contributed by atoms with Gasteiger partial charge in [0.1, 0.15) is 28.7 Å². The molecule has 0 fully saturated rings. The first-order chi connectivity index (χ1) is 23.8. The summed E-state index contributed by atoms with van der Waals surface area (Å²) in [5.74, 6) is -1.49. The van der Waals surface area contributed by atoms with Crippen molar-refractivity contribution in [3.05, 3.63) is 106 Å². The van der Waals surface area contributed by atoms with Crippen molar-refractivity contribution in [1.29, 1.82) is 0 Å². The number of benzene rings is 4. The standard InChI is InChI=1S/C35H32Br4N4O7/c1-18-2-3-19(12-25(18)36)6-8-40-34(47)29(42-49)16-21-10-23(32(45)27(38)14-21)24-11-22(15-28(39)33(24)46)17-30(43-50)35(48)41-9-7-20-4-5-31(44)26(37)13-20/h2-5,10-15,44-46,49-50H,6-9,16-17H2,1H3,(H,40,47)(H,41,48)/b42-29+,43-30?. The van der Waals surface area contributed by atoms with E-state index < -0.39 is 11.8 Å². The molecule has 0 saturated carbocycles. The number of nitrogens with one attached hydrogen (secondary N) is 2. The lowest BCUT2D eigenvalue weighted by Gasteiger charge is -2.15. The number of hydrogen-bond donors (Lipinski definition) is 7. The number of carbonyl (C=O) groups is 2.